The number of hydrogen-bond acceptors (Lipinski definition) is 6. The third-order valence-electron chi connectivity index (χ3n) is 5.62. The number of imide groups is 1. The number of aromatic amines is 1. The number of amides is 2. The van der Waals surface area contributed by atoms with Crippen LogP contribution >= 0.6 is 0 Å². The van der Waals surface area contributed by atoms with Crippen molar-refractivity contribution in [1.82, 2.24) is 14.9 Å². The third kappa shape index (κ3) is 3.03. The van der Waals surface area contributed by atoms with E-state index < -0.39 is 24.5 Å². The summed E-state index contributed by atoms with van der Waals surface area (Å²) in [5.74, 6) is -1.18. The quantitative estimate of drug-likeness (QED) is 0.263. The molecule has 0 bridgehead atoms. The van der Waals surface area contributed by atoms with E-state index in [1.54, 1.807) is 29.1 Å². The Morgan fingerprint density at radius 3 is 2.28 bits per heavy atom. The van der Waals surface area contributed by atoms with Crippen molar-refractivity contribution in [1.29, 1.82) is 0 Å². The van der Waals surface area contributed by atoms with E-state index in [0.717, 1.165) is 0 Å². The van der Waals surface area contributed by atoms with Gasteiger partial charge in [0, 0.05) is 45.3 Å². The van der Waals surface area contributed by atoms with Gasteiger partial charge in [-0.2, -0.15) is 0 Å². The van der Waals surface area contributed by atoms with Crippen LogP contribution in [0.3, 0.4) is 0 Å². The van der Waals surface area contributed by atoms with Crippen LogP contribution in [0.25, 0.3) is 33.0 Å². The second-order valence-corrected chi connectivity index (χ2v) is 7.70. The Balaban J connectivity index is 1.80. The van der Waals surface area contributed by atoms with Crippen molar-refractivity contribution in [3.8, 4) is 11.5 Å². The minimum absolute atomic E-state index is 0.0183. The standard InChI is InChI=1S/C23H19N3O6/c27-10-13(30)8-26-9-17(15-6-12(29)2-4-19(15)26)21-20(22(31)25-23(21)32)16-7-24-18-3-1-11(28)5-14(16)18/h1-7,9,13,24,27-30H,8,10H2,(H,25,31,32). The summed E-state index contributed by atoms with van der Waals surface area (Å²) in [6.07, 6.45) is 2.18. The molecule has 0 saturated heterocycles. The Kier molecular flexibility index (Phi) is 4.50. The molecule has 5 rings (SSSR count). The summed E-state index contributed by atoms with van der Waals surface area (Å²) < 4.78 is 1.66. The van der Waals surface area contributed by atoms with Gasteiger partial charge in [-0.25, -0.2) is 0 Å². The Hall–Kier alpha value is -4.08. The number of nitrogens with zero attached hydrogens (tertiary/aromatic N) is 1. The van der Waals surface area contributed by atoms with Gasteiger partial charge in [0.05, 0.1) is 30.4 Å². The summed E-state index contributed by atoms with van der Waals surface area (Å²) in [5, 5.41) is 42.6. The molecule has 1 aliphatic heterocycles. The molecule has 0 aliphatic carbocycles. The maximum Gasteiger partial charge on any atom is 0.259 e. The molecule has 2 aromatic carbocycles. The van der Waals surface area contributed by atoms with E-state index in [-0.39, 0.29) is 29.2 Å². The summed E-state index contributed by atoms with van der Waals surface area (Å²) in [6, 6.07) is 9.29. The first-order valence-electron chi connectivity index (χ1n) is 9.89. The molecule has 1 aliphatic rings. The number of aliphatic hydroxyl groups excluding tert-OH is 2. The van der Waals surface area contributed by atoms with Gasteiger partial charge in [-0.05, 0) is 36.4 Å². The molecule has 32 heavy (non-hydrogen) atoms. The van der Waals surface area contributed by atoms with Gasteiger partial charge in [-0.3, -0.25) is 14.9 Å². The Bertz CT molecular complexity index is 1440. The number of H-pyrrole nitrogens is 1. The number of nitrogens with one attached hydrogen (secondary N) is 2. The number of aliphatic hydroxyl groups is 2. The fraction of sp³-hybridized carbons (Fsp3) is 0.130. The van der Waals surface area contributed by atoms with Crippen molar-refractivity contribution in [2.75, 3.05) is 6.61 Å². The van der Waals surface area contributed by atoms with E-state index in [1.807, 2.05) is 0 Å². The Morgan fingerprint density at radius 2 is 1.56 bits per heavy atom. The first-order valence-corrected chi connectivity index (χ1v) is 9.89. The van der Waals surface area contributed by atoms with E-state index in [1.165, 1.54) is 24.3 Å². The molecule has 4 aromatic rings. The number of carbonyl (C=O) groups excluding carboxylic acids is 2. The van der Waals surface area contributed by atoms with E-state index in [2.05, 4.69) is 10.3 Å². The van der Waals surface area contributed by atoms with Crippen LogP contribution < -0.4 is 5.32 Å². The second-order valence-electron chi connectivity index (χ2n) is 7.70. The molecule has 0 radical (unpaired) electrons. The molecule has 162 valence electrons. The highest BCUT2D eigenvalue weighted by molar-refractivity contribution is 6.50. The molecule has 2 aromatic heterocycles. The normalized spacial score (nSPS) is 15.2. The second kappa shape index (κ2) is 7.26. The number of fused-ring (bicyclic) bond motifs is 2. The maximum atomic E-state index is 12.9. The molecule has 1 unspecified atom stereocenters. The van der Waals surface area contributed by atoms with E-state index >= 15 is 0 Å². The number of hydrogen-bond donors (Lipinski definition) is 6. The highest BCUT2D eigenvalue weighted by Gasteiger charge is 2.35. The molecule has 9 heteroatoms. The highest BCUT2D eigenvalue weighted by atomic mass is 16.3. The smallest absolute Gasteiger partial charge is 0.259 e. The van der Waals surface area contributed by atoms with Crippen LogP contribution in [0.2, 0.25) is 0 Å². The van der Waals surface area contributed by atoms with Crippen LogP contribution in [-0.4, -0.2) is 54.5 Å². The predicted molar refractivity (Wildman–Crippen MR) is 117 cm³/mol. The average molecular weight is 433 g/mol. The van der Waals surface area contributed by atoms with E-state index in [4.69, 9.17) is 0 Å². The van der Waals surface area contributed by atoms with Crippen LogP contribution in [0.5, 0.6) is 11.5 Å². The van der Waals surface area contributed by atoms with Gasteiger partial charge < -0.3 is 30.0 Å². The number of aromatic nitrogens is 2. The number of carbonyl (C=O) groups is 2. The molecule has 9 nitrogen and oxygen atoms in total. The van der Waals surface area contributed by atoms with E-state index in [9.17, 15) is 30.0 Å². The first-order chi connectivity index (χ1) is 15.4. The van der Waals surface area contributed by atoms with Gasteiger partial charge in [0.1, 0.15) is 11.5 Å². The Labute approximate surface area is 180 Å². The molecule has 6 N–H and O–H groups in total. The van der Waals surface area contributed by atoms with Crippen LogP contribution in [0.15, 0.2) is 48.8 Å². The number of phenolic OH excluding ortho intramolecular Hbond substituents is 2. The van der Waals surface area contributed by atoms with Crippen molar-refractivity contribution >= 4 is 44.8 Å². The minimum atomic E-state index is -1.03. The van der Waals surface area contributed by atoms with Crippen molar-refractivity contribution in [2.45, 2.75) is 12.6 Å². The number of benzene rings is 2. The van der Waals surface area contributed by atoms with Gasteiger partial charge in [-0.1, -0.05) is 0 Å². The molecule has 2 amide bonds. The van der Waals surface area contributed by atoms with Crippen LogP contribution in [0, 0.1) is 0 Å². The van der Waals surface area contributed by atoms with Crippen LogP contribution in [0.1, 0.15) is 11.1 Å². The lowest BCUT2D eigenvalue weighted by Gasteiger charge is -2.09. The zero-order chi connectivity index (χ0) is 22.6. The lowest BCUT2D eigenvalue weighted by molar-refractivity contribution is -0.122. The fourth-order valence-electron chi connectivity index (χ4n) is 4.20. The minimum Gasteiger partial charge on any atom is -0.508 e. The summed E-state index contributed by atoms with van der Waals surface area (Å²) in [4.78, 5) is 28.8. The SMILES string of the molecule is O=C1NC(=O)C(c2cn(CC(O)CO)c3ccc(O)cc23)=C1c1c[nH]c2ccc(O)cc12. The topological polar surface area (TPSA) is 148 Å². The zero-order valence-corrected chi connectivity index (χ0v) is 16.7. The monoisotopic (exact) mass is 433 g/mol. The lowest BCUT2D eigenvalue weighted by Crippen LogP contribution is -2.22. The molecule has 0 fully saturated rings. The molecule has 1 atom stereocenters. The maximum absolute atomic E-state index is 12.9. The molecular weight excluding hydrogens is 414 g/mol. The van der Waals surface area contributed by atoms with Gasteiger partial charge in [-0.15, -0.1) is 0 Å². The molecule has 0 saturated carbocycles. The van der Waals surface area contributed by atoms with Gasteiger partial charge in [0.25, 0.3) is 11.8 Å². The van der Waals surface area contributed by atoms with Gasteiger partial charge >= 0.3 is 0 Å². The van der Waals surface area contributed by atoms with Crippen molar-refractivity contribution in [3.63, 3.8) is 0 Å². The summed E-state index contributed by atoms with van der Waals surface area (Å²) >= 11 is 0. The number of aromatic hydroxyl groups is 2. The van der Waals surface area contributed by atoms with Crippen LogP contribution in [-0.2, 0) is 16.1 Å². The van der Waals surface area contributed by atoms with Crippen molar-refractivity contribution in [2.24, 2.45) is 0 Å². The predicted octanol–water partition coefficient (Wildman–Crippen LogP) is 1.45. The van der Waals surface area contributed by atoms with Crippen molar-refractivity contribution < 1.29 is 30.0 Å². The molecule has 0 spiro atoms. The molecule has 3 heterocycles. The van der Waals surface area contributed by atoms with Crippen LogP contribution in [0.4, 0.5) is 0 Å². The lowest BCUT2D eigenvalue weighted by atomic mass is 9.95. The largest absolute Gasteiger partial charge is 0.508 e. The van der Waals surface area contributed by atoms with E-state index in [0.29, 0.717) is 32.9 Å². The average Bonchev–Trinajstić information content (AvgIpc) is 3.40. The Morgan fingerprint density at radius 1 is 0.906 bits per heavy atom. The first kappa shape index (κ1) is 19.9. The van der Waals surface area contributed by atoms with Crippen molar-refractivity contribution in [3.05, 3.63) is 59.9 Å². The zero-order valence-electron chi connectivity index (χ0n) is 16.7. The molecular formula is C23H19N3O6. The third-order valence-corrected chi connectivity index (χ3v) is 5.62. The summed E-state index contributed by atoms with van der Waals surface area (Å²) in [5.41, 5.74) is 2.40. The summed E-state index contributed by atoms with van der Waals surface area (Å²) in [6.45, 7) is -0.393. The highest BCUT2D eigenvalue weighted by Crippen LogP contribution is 2.39. The van der Waals surface area contributed by atoms with Gasteiger partial charge in [0.15, 0.2) is 0 Å². The fourth-order valence-corrected chi connectivity index (χ4v) is 4.20. The summed E-state index contributed by atoms with van der Waals surface area (Å²) in [7, 11) is 0. The number of phenols is 2. The number of rotatable bonds is 5. The van der Waals surface area contributed by atoms with Gasteiger partial charge in [0.2, 0.25) is 0 Å².